The molecular formula is C16H23Cl2NO5P+. The van der Waals surface area contributed by atoms with Gasteiger partial charge in [-0.3, -0.25) is 0 Å². The zero-order chi connectivity index (χ0) is 18.4. The Labute approximate surface area is 158 Å². The lowest BCUT2D eigenvalue weighted by atomic mass is 10.1. The number of rotatable bonds is 8. The first kappa shape index (κ1) is 21.0. The van der Waals surface area contributed by atoms with Crippen LogP contribution in [0.25, 0.3) is 0 Å². The highest BCUT2D eigenvalue weighted by atomic mass is 35.5. The normalized spacial score (nSPS) is 22.0. The largest absolute Gasteiger partial charge is 0.573 e. The van der Waals surface area contributed by atoms with Gasteiger partial charge in [0.25, 0.3) is 0 Å². The van der Waals surface area contributed by atoms with Crippen LogP contribution in [0.15, 0.2) is 18.2 Å². The van der Waals surface area contributed by atoms with Gasteiger partial charge in [-0.05, 0) is 36.1 Å². The molecule has 1 aliphatic heterocycles. The molecule has 1 saturated heterocycles. The molecule has 2 rings (SSSR count). The molecule has 0 aliphatic carbocycles. The van der Waals surface area contributed by atoms with Crippen molar-refractivity contribution in [1.82, 2.24) is 5.32 Å². The van der Waals surface area contributed by atoms with Gasteiger partial charge in [0.1, 0.15) is 0 Å². The highest BCUT2D eigenvalue weighted by Crippen LogP contribution is 2.42. The quantitative estimate of drug-likeness (QED) is 0.500. The van der Waals surface area contributed by atoms with Crippen molar-refractivity contribution in [3.05, 3.63) is 33.8 Å². The van der Waals surface area contributed by atoms with Gasteiger partial charge in [0.15, 0.2) is 0 Å². The average molecular weight is 411 g/mol. The van der Waals surface area contributed by atoms with Crippen LogP contribution in [0, 0.1) is 0 Å². The molecule has 140 valence electrons. The highest BCUT2D eigenvalue weighted by molar-refractivity contribution is 7.39. The van der Waals surface area contributed by atoms with Gasteiger partial charge in [-0.25, -0.2) is 0 Å². The van der Waals surface area contributed by atoms with Crippen molar-refractivity contribution < 1.29 is 23.7 Å². The summed E-state index contributed by atoms with van der Waals surface area (Å²) in [5.41, 5.74) is -0.566. The summed E-state index contributed by atoms with van der Waals surface area (Å²) in [5, 5.41) is 4.36. The number of benzene rings is 1. The van der Waals surface area contributed by atoms with E-state index >= 15 is 0 Å². The van der Waals surface area contributed by atoms with Gasteiger partial charge in [-0.15, -0.1) is 0 Å². The molecule has 1 fully saturated rings. The Morgan fingerprint density at radius 3 is 2.48 bits per heavy atom. The molecule has 0 bridgehead atoms. The van der Waals surface area contributed by atoms with Gasteiger partial charge in [0.05, 0.1) is 48.4 Å². The van der Waals surface area contributed by atoms with Crippen LogP contribution in [0.4, 0.5) is 0 Å². The van der Waals surface area contributed by atoms with E-state index in [0.717, 1.165) is 5.56 Å². The molecule has 0 spiro atoms. The molecule has 9 heteroatoms. The lowest BCUT2D eigenvalue weighted by Gasteiger charge is -2.33. The van der Waals surface area contributed by atoms with E-state index < -0.39 is 13.6 Å². The first-order valence-corrected chi connectivity index (χ1v) is 10.1. The Morgan fingerprint density at radius 2 is 2.00 bits per heavy atom. The van der Waals surface area contributed by atoms with Crippen LogP contribution in [-0.2, 0) is 18.8 Å². The molecule has 3 unspecified atom stereocenters. The molecule has 0 amide bonds. The van der Waals surface area contributed by atoms with Crippen LogP contribution in [-0.4, -0.2) is 42.9 Å². The summed E-state index contributed by atoms with van der Waals surface area (Å²) in [4.78, 5) is 9.70. The van der Waals surface area contributed by atoms with Crippen molar-refractivity contribution in [2.75, 3.05) is 26.4 Å². The molecule has 3 atom stereocenters. The van der Waals surface area contributed by atoms with E-state index in [1.165, 1.54) is 0 Å². The van der Waals surface area contributed by atoms with Crippen LogP contribution in [0.2, 0.25) is 10.0 Å². The molecule has 1 heterocycles. The average Bonchev–Trinajstić information content (AvgIpc) is 2.58. The number of hydrogen-bond acceptors (Lipinski definition) is 5. The lowest BCUT2D eigenvalue weighted by molar-refractivity contribution is -0.197. The molecular weight excluding hydrogens is 388 g/mol. The van der Waals surface area contributed by atoms with E-state index in [2.05, 4.69) is 5.32 Å². The summed E-state index contributed by atoms with van der Waals surface area (Å²) in [7, 11) is -2.68. The van der Waals surface area contributed by atoms with Crippen LogP contribution < -0.4 is 5.32 Å². The van der Waals surface area contributed by atoms with Gasteiger partial charge in [-0.1, -0.05) is 29.3 Å². The predicted molar refractivity (Wildman–Crippen MR) is 97.4 cm³/mol. The minimum Gasteiger partial charge on any atom is -0.375 e. The molecule has 0 saturated carbocycles. The van der Waals surface area contributed by atoms with Crippen LogP contribution >= 0.6 is 31.2 Å². The van der Waals surface area contributed by atoms with E-state index in [0.29, 0.717) is 23.2 Å². The van der Waals surface area contributed by atoms with Gasteiger partial charge in [0.2, 0.25) is 0 Å². The predicted octanol–water partition coefficient (Wildman–Crippen LogP) is 3.87. The summed E-state index contributed by atoms with van der Waals surface area (Å²) in [5.74, 6) is 0. The van der Waals surface area contributed by atoms with Crippen molar-refractivity contribution in [3.8, 4) is 0 Å². The van der Waals surface area contributed by atoms with Gasteiger partial charge in [0, 0.05) is 6.54 Å². The maximum absolute atomic E-state index is 11.8. The molecule has 6 nitrogen and oxygen atoms in total. The second kappa shape index (κ2) is 9.58. The molecule has 0 radical (unpaired) electrons. The Balaban J connectivity index is 2.00. The number of morpholine rings is 1. The van der Waals surface area contributed by atoms with E-state index in [-0.39, 0.29) is 31.8 Å². The minimum atomic E-state index is -2.68. The van der Waals surface area contributed by atoms with Crippen LogP contribution in [0.3, 0.4) is 0 Å². The molecule has 1 aromatic carbocycles. The van der Waals surface area contributed by atoms with Crippen molar-refractivity contribution in [1.29, 1.82) is 0 Å². The maximum atomic E-state index is 11.8. The molecule has 1 aliphatic rings. The Bertz CT molecular complexity index is 590. The smallest absolute Gasteiger partial charge is 0.375 e. The van der Waals surface area contributed by atoms with E-state index in [1.54, 1.807) is 26.0 Å². The maximum Gasteiger partial charge on any atom is 0.573 e. The summed E-state index contributed by atoms with van der Waals surface area (Å²) in [6, 6.07) is 5.42. The Morgan fingerprint density at radius 1 is 1.32 bits per heavy atom. The summed E-state index contributed by atoms with van der Waals surface area (Å²) >= 11 is 12.0. The summed E-state index contributed by atoms with van der Waals surface area (Å²) in [6.45, 7) is 4.95. The zero-order valence-corrected chi connectivity index (χ0v) is 16.6. The monoisotopic (exact) mass is 410 g/mol. The Kier molecular flexibility index (Phi) is 8.05. The third-order valence-corrected chi connectivity index (χ3v) is 5.72. The lowest BCUT2D eigenvalue weighted by Crippen LogP contribution is -2.46. The molecule has 25 heavy (non-hydrogen) atoms. The van der Waals surface area contributed by atoms with Crippen molar-refractivity contribution in [2.24, 2.45) is 0 Å². The fraction of sp³-hybridized carbons (Fsp3) is 0.625. The van der Waals surface area contributed by atoms with Crippen molar-refractivity contribution in [3.63, 3.8) is 0 Å². The fourth-order valence-corrected chi connectivity index (χ4v) is 3.93. The zero-order valence-electron chi connectivity index (χ0n) is 14.2. The Hall–Kier alpha value is -0.300. The van der Waals surface area contributed by atoms with E-state index in [9.17, 15) is 9.46 Å². The van der Waals surface area contributed by atoms with Gasteiger partial charge >= 0.3 is 13.6 Å². The molecule has 1 aromatic rings. The summed E-state index contributed by atoms with van der Waals surface area (Å²) < 4.78 is 28.7. The fourth-order valence-electron chi connectivity index (χ4n) is 2.78. The number of halogens is 2. The number of nitrogens with one attached hydrogen (secondary N) is 1. The third kappa shape index (κ3) is 5.34. The standard InChI is InChI=1S/C16H22Cl2NO5P/c1-3-23-16(24-4-2,25(20)21)8-12-9-19-15(10-22-12)11-5-6-13(17)14(18)7-11/h5-7,12,15,19H,3-4,8-10H2,1-2H3/p+1. The first-order valence-electron chi connectivity index (χ1n) is 8.16. The number of hydrogen-bond donors (Lipinski definition) is 2. The number of ether oxygens (including phenoxy) is 3. The van der Waals surface area contributed by atoms with Crippen LogP contribution in [0.5, 0.6) is 0 Å². The van der Waals surface area contributed by atoms with Gasteiger partial charge in [-0.2, -0.15) is 4.89 Å². The summed E-state index contributed by atoms with van der Waals surface area (Å²) in [6.07, 6.45) is -0.134. The third-order valence-electron chi connectivity index (χ3n) is 3.95. The van der Waals surface area contributed by atoms with E-state index in [1.807, 2.05) is 6.07 Å². The second-order valence-corrected chi connectivity index (χ2v) is 7.69. The van der Waals surface area contributed by atoms with E-state index in [4.69, 9.17) is 37.4 Å². The topological polar surface area (TPSA) is 77.0 Å². The minimum absolute atomic E-state index is 0.0255. The molecule has 0 aromatic heterocycles. The van der Waals surface area contributed by atoms with Crippen molar-refractivity contribution >= 4 is 31.2 Å². The second-order valence-electron chi connectivity index (χ2n) is 5.65. The van der Waals surface area contributed by atoms with Crippen molar-refractivity contribution in [2.45, 2.75) is 37.9 Å². The molecule has 2 N–H and O–H groups in total. The highest BCUT2D eigenvalue weighted by Gasteiger charge is 2.54. The SMILES string of the molecule is CCOC(CC1CNC(c2ccc(Cl)c(Cl)c2)CO1)(OCC)[P+](=O)O. The first-order chi connectivity index (χ1) is 11.9. The van der Waals surface area contributed by atoms with Crippen LogP contribution in [0.1, 0.15) is 31.9 Å². The van der Waals surface area contributed by atoms with Gasteiger partial charge < -0.3 is 19.5 Å².